The van der Waals surface area contributed by atoms with Gasteiger partial charge in [0.2, 0.25) is 0 Å². The number of nitrogens with one attached hydrogen (secondary N) is 2. The minimum absolute atomic E-state index is 0.0360. The fourth-order valence-electron chi connectivity index (χ4n) is 3.77. The highest BCUT2D eigenvalue weighted by molar-refractivity contribution is 5.72. The Kier molecular flexibility index (Phi) is 5.46. The summed E-state index contributed by atoms with van der Waals surface area (Å²) in [7, 11) is 0. The van der Waals surface area contributed by atoms with Gasteiger partial charge in [-0.2, -0.15) is 5.21 Å². The molecule has 1 aliphatic rings. The summed E-state index contributed by atoms with van der Waals surface area (Å²) >= 11 is 0. The molecule has 26 heavy (non-hydrogen) atoms. The largest absolute Gasteiger partial charge is 0.481 e. The lowest BCUT2D eigenvalue weighted by atomic mass is 9.79. The summed E-state index contributed by atoms with van der Waals surface area (Å²) in [6.07, 6.45) is 2.77. The molecule has 0 spiro atoms. The summed E-state index contributed by atoms with van der Waals surface area (Å²) in [6, 6.07) is 6.34. The summed E-state index contributed by atoms with van der Waals surface area (Å²) in [4.78, 5) is 11.9. The summed E-state index contributed by atoms with van der Waals surface area (Å²) in [6.45, 7) is 7.73. The smallest absolute Gasteiger partial charge is 0.307 e. The Morgan fingerprint density at radius 2 is 2.15 bits per heavy atom. The maximum atomic E-state index is 11.9. The van der Waals surface area contributed by atoms with Gasteiger partial charge in [0, 0.05) is 19.0 Å². The molecule has 2 aromatic rings. The van der Waals surface area contributed by atoms with Crippen LogP contribution >= 0.6 is 0 Å². The fourth-order valence-corrected chi connectivity index (χ4v) is 3.77. The van der Waals surface area contributed by atoms with Gasteiger partial charge in [0.25, 0.3) is 0 Å². The highest BCUT2D eigenvalue weighted by Crippen LogP contribution is 2.32. The summed E-state index contributed by atoms with van der Waals surface area (Å²) in [5, 5.41) is 27.3. The Hall–Kier alpha value is -2.54. The van der Waals surface area contributed by atoms with Crippen LogP contribution in [0, 0.1) is 18.8 Å². The van der Waals surface area contributed by atoms with E-state index in [0.29, 0.717) is 12.2 Å². The second kappa shape index (κ2) is 7.78. The molecule has 0 aliphatic carbocycles. The molecule has 7 heteroatoms. The first-order valence-corrected chi connectivity index (χ1v) is 8.93. The lowest BCUT2D eigenvalue weighted by Crippen LogP contribution is -2.29. The monoisotopic (exact) mass is 355 g/mol. The van der Waals surface area contributed by atoms with Gasteiger partial charge in [0.05, 0.1) is 5.92 Å². The topological polar surface area (TPSA) is 104 Å². The lowest BCUT2D eigenvalue weighted by molar-refractivity contribution is -0.144. The Bertz CT molecular complexity index is 798. The van der Waals surface area contributed by atoms with Crippen LogP contribution in [0.3, 0.4) is 0 Å². The third-order valence-corrected chi connectivity index (χ3v) is 5.03. The van der Waals surface area contributed by atoms with Gasteiger partial charge in [-0.05, 0) is 41.5 Å². The molecule has 2 heterocycles. The molecule has 0 amide bonds. The molecule has 3 N–H and O–H groups in total. The van der Waals surface area contributed by atoms with Gasteiger partial charge in [-0.15, -0.1) is 10.2 Å². The number of H-pyrrole nitrogens is 1. The van der Waals surface area contributed by atoms with E-state index in [4.69, 9.17) is 0 Å². The van der Waals surface area contributed by atoms with E-state index in [9.17, 15) is 9.90 Å². The van der Waals surface area contributed by atoms with Gasteiger partial charge in [0.1, 0.15) is 0 Å². The number of aryl methyl sites for hydroxylation is 1. The third kappa shape index (κ3) is 3.83. The standard InChI is InChI=1S/C19H25N5O2/c1-11(2)17(19(25)26)16(18-21-23-24-22-18)9-13-4-5-15(12(3)8-13)14-6-7-20-10-14/h4-6,8,11,16-17,20H,7,9-10H2,1-3H3,(H,25,26)(H,21,22,23,24). The predicted molar refractivity (Wildman–Crippen MR) is 98.6 cm³/mol. The average molecular weight is 355 g/mol. The minimum Gasteiger partial charge on any atom is -0.481 e. The van der Waals surface area contributed by atoms with Crippen molar-refractivity contribution >= 4 is 11.5 Å². The second-order valence-corrected chi connectivity index (χ2v) is 7.20. The zero-order valence-electron chi connectivity index (χ0n) is 15.4. The highest BCUT2D eigenvalue weighted by Gasteiger charge is 2.35. The second-order valence-electron chi connectivity index (χ2n) is 7.20. The first-order valence-electron chi connectivity index (χ1n) is 8.93. The van der Waals surface area contributed by atoms with Crippen molar-refractivity contribution in [3.8, 4) is 0 Å². The Morgan fingerprint density at radius 1 is 1.35 bits per heavy atom. The molecular formula is C19H25N5O2. The van der Waals surface area contributed by atoms with Crippen molar-refractivity contribution in [2.45, 2.75) is 33.1 Å². The first-order chi connectivity index (χ1) is 12.5. The maximum absolute atomic E-state index is 11.9. The summed E-state index contributed by atoms with van der Waals surface area (Å²) < 4.78 is 0. The van der Waals surface area contributed by atoms with Crippen LogP contribution in [0.2, 0.25) is 0 Å². The van der Waals surface area contributed by atoms with Crippen LogP contribution in [0.4, 0.5) is 0 Å². The van der Waals surface area contributed by atoms with Crippen LogP contribution in [0.15, 0.2) is 24.3 Å². The molecule has 2 unspecified atom stereocenters. The van der Waals surface area contributed by atoms with Crippen molar-refractivity contribution in [1.82, 2.24) is 25.9 Å². The summed E-state index contributed by atoms with van der Waals surface area (Å²) in [5.41, 5.74) is 4.84. The number of hydrogen-bond donors (Lipinski definition) is 3. The third-order valence-electron chi connectivity index (χ3n) is 5.03. The van der Waals surface area contributed by atoms with Crippen LogP contribution in [0.1, 0.15) is 42.3 Å². The van der Waals surface area contributed by atoms with Crippen LogP contribution in [-0.4, -0.2) is 44.8 Å². The molecule has 1 aromatic heterocycles. The number of carbonyl (C=O) groups is 1. The fraction of sp³-hybridized carbons (Fsp3) is 0.474. The molecule has 1 aliphatic heterocycles. The Labute approximate surface area is 152 Å². The molecule has 138 valence electrons. The number of hydrogen-bond acceptors (Lipinski definition) is 5. The van der Waals surface area contributed by atoms with Crippen LogP contribution in [-0.2, 0) is 11.2 Å². The number of aliphatic carboxylic acids is 1. The molecule has 0 radical (unpaired) electrons. The van der Waals surface area contributed by atoms with E-state index in [0.717, 1.165) is 18.7 Å². The van der Waals surface area contributed by atoms with E-state index in [2.05, 4.69) is 57.1 Å². The van der Waals surface area contributed by atoms with E-state index in [1.807, 2.05) is 13.8 Å². The van der Waals surface area contributed by atoms with Gasteiger partial charge in [-0.1, -0.05) is 43.3 Å². The van der Waals surface area contributed by atoms with E-state index >= 15 is 0 Å². The van der Waals surface area contributed by atoms with Crippen molar-refractivity contribution in [2.75, 3.05) is 13.1 Å². The van der Waals surface area contributed by atoms with Gasteiger partial charge in [-0.25, -0.2) is 0 Å². The van der Waals surface area contributed by atoms with Crippen molar-refractivity contribution in [1.29, 1.82) is 0 Å². The molecule has 0 saturated carbocycles. The van der Waals surface area contributed by atoms with Crippen molar-refractivity contribution in [3.63, 3.8) is 0 Å². The van der Waals surface area contributed by atoms with Gasteiger partial charge in [0.15, 0.2) is 5.82 Å². The van der Waals surface area contributed by atoms with Crippen molar-refractivity contribution in [2.24, 2.45) is 11.8 Å². The number of aromatic nitrogens is 4. The average Bonchev–Trinajstić information content (AvgIpc) is 3.27. The van der Waals surface area contributed by atoms with Gasteiger partial charge < -0.3 is 10.4 Å². The highest BCUT2D eigenvalue weighted by atomic mass is 16.4. The van der Waals surface area contributed by atoms with Crippen molar-refractivity contribution in [3.05, 3.63) is 46.8 Å². The Morgan fingerprint density at radius 3 is 2.69 bits per heavy atom. The van der Waals surface area contributed by atoms with E-state index in [1.54, 1.807) is 0 Å². The number of nitrogens with zero attached hydrogens (tertiary/aromatic N) is 3. The van der Waals surface area contributed by atoms with Gasteiger partial charge >= 0.3 is 5.97 Å². The Balaban J connectivity index is 1.89. The zero-order chi connectivity index (χ0) is 18.7. The number of rotatable bonds is 7. The zero-order valence-corrected chi connectivity index (χ0v) is 15.4. The molecular weight excluding hydrogens is 330 g/mol. The number of carboxylic acid groups (broad SMARTS) is 1. The number of tetrazole rings is 1. The van der Waals surface area contributed by atoms with E-state index < -0.39 is 11.9 Å². The van der Waals surface area contributed by atoms with Crippen LogP contribution < -0.4 is 5.32 Å². The van der Waals surface area contributed by atoms with Crippen molar-refractivity contribution < 1.29 is 9.90 Å². The first kappa shape index (κ1) is 18.3. The quantitative estimate of drug-likeness (QED) is 0.703. The molecule has 0 saturated heterocycles. The summed E-state index contributed by atoms with van der Waals surface area (Å²) in [5.74, 6) is -1.31. The number of carboxylic acids is 1. The molecule has 1 aromatic carbocycles. The maximum Gasteiger partial charge on any atom is 0.307 e. The predicted octanol–water partition coefficient (Wildman–Crippen LogP) is 2.18. The molecule has 3 rings (SSSR count). The van der Waals surface area contributed by atoms with E-state index in [1.165, 1.54) is 16.7 Å². The van der Waals surface area contributed by atoms with Crippen LogP contribution in [0.25, 0.3) is 5.57 Å². The molecule has 2 atom stereocenters. The number of benzene rings is 1. The van der Waals surface area contributed by atoms with E-state index in [-0.39, 0.29) is 11.8 Å². The SMILES string of the molecule is Cc1cc(CC(c2nn[nH]n2)C(C(=O)O)C(C)C)ccc1C1=CCNC1. The normalized spacial score (nSPS) is 16.5. The molecule has 0 bridgehead atoms. The van der Waals surface area contributed by atoms with Gasteiger partial charge in [-0.3, -0.25) is 4.79 Å². The minimum atomic E-state index is -0.828. The lowest BCUT2D eigenvalue weighted by Gasteiger charge is -2.24. The number of aromatic amines is 1. The van der Waals surface area contributed by atoms with Crippen LogP contribution in [0.5, 0.6) is 0 Å². The molecule has 0 fully saturated rings. The molecule has 7 nitrogen and oxygen atoms in total.